The third kappa shape index (κ3) is 5.61. The number of rotatable bonds is 5. The van der Waals surface area contributed by atoms with Gasteiger partial charge in [0.2, 0.25) is 0 Å². The molecule has 0 heteroatoms. The normalized spacial score (nSPS) is 11.7. The third-order valence-electron chi connectivity index (χ3n) is 12.6. The summed E-state index contributed by atoms with van der Waals surface area (Å²) in [6.07, 6.45) is 0. The Hall–Kier alpha value is -7.80. The van der Waals surface area contributed by atoms with E-state index in [4.69, 9.17) is 0 Å². The summed E-state index contributed by atoms with van der Waals surface area (Å²) < 4.78 is 0. The highest BCUT2D eigenvalue weighted by Gasteiger charge is 2.17. The average Bonchev–Trinajstić information content (AvgIpc) is 3.33. The van der Waals surface area contributed by atoms with Crippen LogP contribution in [0.15, 0.2) is 231 Å². The molecule has 0 bridgehead atoms. The second-order valence-electron chi connectivity index (χ2n) is 16.0. The van der Waals surface area contributed by atoms with Crippen LogP contribution >= 0.6 is 0 Å². The van der Waals surface area contributed by atoms with E-state index in [1.165, 1.54) is 120 Å². The van der Waals surface area contributed by atoms with Gasteiger partial charge in [-0.3, -0.25) is 0 Å². The molecule has 0 aromatic heterocycles. The molecule has 0 saturated carbocycles. The molecule has 0 amide bonds. The summed E-state index contributed by atoms with van der Waals surface area (Å²) in [5.41, 5.74) is 12.3. The van der Waals surface area contributed by atoms with Crippen LogP contribution < -0.4 is 0 Å². The van der Waals surface area contributed by atoms with Crippen LogP contribution in [0.5, 0.6) is 0 Å². The molecule has 0 atom stereocenters. The van der Waals surface area contributed by atoms with Crippen molar-refractivity contribution in [2.24, 2.45) is 0 Å². The van der Waals surface area contributed by atoms with Crippen molar-refractivity contribution >= 4 is 64.6 Å². The largest absolute Gasteiger partial charge is 0.0622 e. The molecular weight excluding hydrogens is 721 g/mol. The van der Waals surface area contributed by atoms with E-state index in [1.54, 1.807) is 0 Å². The summed E-state index contributed by atoms with van der Waals surface area (Å²) in [6, 6.07) is 85.2. The Labute approximate surface area is 349 Å². The lowest BCUT2D eigenvalue weighted by molar-refractivity contribution is 1.61. The van der Waals surface area contributed by atoms with Crippen molar-refractivity contribution in [3.8, 4) is 55.6 Å². The lowest BCUT2D eigenvalue weighted by Crippen LogP contribution is -1.91. The van der Waals surface area contributed by atoms with E-state index in [1.807, 2.05) is 0 Å². The van der Waals surface area contributed by atoms with Crippen molar-refractivity contribution in [2.75, 3.05) is 0 Å². The van der Waals surface area contributed by atoms with E-state index < -0.39 is 0 Å². The molecule has 0 fully saturated rings. The average molecular weight is 759 g/mol. The first-order chi connectivity index (χ1) is 29.7. The molecule has 12 rings (SSSR count). The van der Waals surface area contributed by atoms with Gasteiger partial charge < -0.3 is 0 Å². The topological polar surface area (TPSA) is 0 Å². The third-order valence-corrected chi connectivity index (χ3v) is 12.6. The fourth-order valence-electron chi connectivity index (χ4n) is 9.75. The minimum Gasteiger partial charge on any atom is -0.0622 e. The van der Waals surface area contributed by atoms with Crippen LogP contribution in [0.25, 0.3) is 120 Å². The molecular formula is C60H38. The second-order valence-corrected chi connectivity index (χ2v) is 16.0. The van der Waals surface area contributed by atoms with Crippen LogP contribution in [0.2, 0.25) is 0 Å². The first-order valence-electron chi connectivity index (χ1n) is 20.8. The number of fused-ring (bicyclic) bond motifs is 8. The molecule has 0 nitrogen and oxygen atoms in total. The molecule has 0 aliphatic rings. The van der Waals surface area contributed by atoms with E-state index in [9.17, 15) is 0 Å². The fraction of sp³-hybridized carbons (Fsp3) is 0. The lowest BCUT2D eigenvalue weighted by Gasteiger charge is -2.17. The maximum Gasteiger partial charge on any atom is -0.00928 e. The molecule has 0 unspecified atom stereocenters. The monoisotopic (exact) mass is 758 g/mol. The van der Waals surface area contributed by atoms with Gasteiger partial charge in [0, 0.05) is 0 Å². The van der Waals surface area contributed by atoms with Crippen LogP contribution in [0.1, 0.15) is 0 Å². The maximum atomic E-state index is 2.42. The molecule has 0 saturated heterocycles. The molecule has 12 aromatic carbocycles. The Morgan fingerprint density at radius 1 is 0.150 bits per heavy atom. The first kappa shape index (κ1) is 34.3. The Morgan fingerprint density at radius 2 is 0.567 bits per heavy atom. The van der Waals surface area contributed by atoms with Gasteiger partial charge in [0.25, 0.3) is 0 Å². The molecule has 0 heterocycles. The molecule has 60 heavy (non-hydrogen) atoms. The molecule has 0 spiro atoms. The van der Waals surface area contributed by atoms with Crippen molar-refractivity contribution in [1.29, 1.82) is 0 Å². The Kier molecular flexibility index (Phi) is 7.96. The Bertz CT molecular complexity index is 3630. The quantitative estimate of drug-likeness (QED) is 0.153. The standard InChI is InChI=1S/C60H38/c1-3-15-39(16-4-1)56-34-41-19-7-8-20-42(41)35-58(56)45-28-30-54-49-29-27-44(33-46(49)38-57(60(54)37-45)40-17-5-2-6-18-40)48-31-32-55(52-25-13-11-24-51(48)52)59-36-43-21-9-10-22-47(43)50-23-12-14-26-53(50)59/h1-38H. The highest BCUT2D eigenvalue weighted by molar-refractivity contribution is 6.19. The van der Waals surface area contributed by atoms with Crippen molar-refractivity contribution < 1.29 is 0 Å². The zero-order valence-electron chi connectivity index (χ0n) is 32.9. The second kappa shape index (κ2) is 13.9. The number of hydrogen-bond acceptors (Lipinski definition) is 0. The van der Waals surface area contributed by atoms with Crippen LogP contribution in [-0.2, 0) is 0 Å². The van der Waals surface area contributed by atoms with Crippen LogP contribution in [0.3, 0.4) is 0 Å². The zero-order valence-corrected chi connectivity index (χ0v) is 32.9. The summed E-state index contributed by atoms with van der Waals surface area (Å²) in [5.74, 6) is 0. The van der Waals surface area contributed by atoms with Gasteiger partial charge in [0.15, 0.2) is 0 Å². The predicted molar refractivity (Wildman–Crippen MR) is 259 cm³/mol. The van der Waals surface area contributed by atoms with Crippen LogP contribution in [0.4, 0.5) is 0 Å². The first-order valence-corrected chi connectivity index (χ1v) is 20.8. The summed E-state index contributed by atoms with van der Waals surface area (Å²) in [5, 5.41) is 15.1. The van der Waals surface area contributed by atoms with E-state index in [2.05, 4.69) is 231 Å². The maximum absolute atomic E-state index is 2.42. The molecule has 12 aromatic rings. The van der Waals surface area contributed by atoms with Gasteiger partial charge in [0.05, 0.1) is 0 Å². The van der Waals surface area contributed by atoms with E-state index in [-0.39, 0.29) is 0 Å². The smallest absolute Gasteiger partial charge is 0.00928 e. The van der Waals surface area contributed by atoms with Crippen LogP contribution in [-0.4, -0.2) is 0 Å². The minimum atomic E-state index is 1.21. The van der Waals surface area contributed by atoms with E-state index in [0.29, 0.717) is 0 Å². The highest BCUT2D eigenvalue weighted by Crippen LogP contribution is 2.44. The summed E-state index contributed by atoms with van der Waals surface area (Å²) >= 11 is 0. The number of benzene rings is 12. The van der Waals surface area contributed by atoms with E-state index in [0.717, 1.165) is 0 Å². The molecule has 0 N–H and O–H groups in total. The van der Waals surface area contributed by atoms with Gasteiger partial charge in [-0.25, -0.2) is 0 Å². The van der Waals surface area contributed by atoms with Crippen molar-refractivity contribution in [3.05, 3.63) is 231 Å². The fourth-order valence-corrected chi connectivity index (χ4v) is 9.75. The number of hydrogen-bond donors (Lipinski definition) is 0. The molecule has 0 radical (unpaired) electrons. The van der Waals surface area contributed by atoms with E-state index >= 15 is 0 Å². The highest BCUT2D eigenvalue weighted by atomic mass is 14.2. The molecule has 0 aliphatic heterocycles. The minimum absolute atomic E-state index is 1.21. The van der Waals surface area contributed by atoms with Gasteiger partial charge in [-0.2, -0.15) is 0 Å². The van der Waals surface area contributed by atoms with Gasteiger partial charge in [-0.05, 0) is 157 Å². The predicted octanol–water partition coefficient (Wildman–Crippen LogP) is 16.9. The summed E-state index contributed by atoms with van der Waals surface area (Å²) in [7, 11) is 0. The molecule has 0 aliphatic carbocycles. The summed E-state index contributed by atoms with van der Waals surface area (Å²) in [6.45, 7) is 0. The summed E-state index contributed by atoms with van der Waals surface area (Å²) in [4.78, 5) is 0. The van der Waals surface area contributed by atoms with Crippen molar-refractivity contribution in [3.63, 3.8) is 0 Å². The van der Waals surface area contributed by atoms with Gasteiger partial charge >= 0.3 is 0 Å². The van der Waals surface area contributed by atoms with Gasteiger partial charge in [-0.15, -0.1) is 0 Å². The molecule has 278 valence electrons. The van der Waals surface area contributed by atoms with Crippen molar-refractivity contribution in [2.45, 2.75) is 0 Å². The Morgan fingerprint density at radius 3 is 1.25 bits per heavy atom. The van der Waals surface area contributed by atoms with Gasteiger partial charge in [0.1, 0.15) is 0 Å². The van der Waals surface area contributed by atoms with Crippen molar-refractivity contribution in [1.82, 2.24) is 0 Å². The Balaban J connectivity index is 1.05. The SMILES string of the molecule is c1ccc(-c2cc3ccccc3cc2-c2ccc3c(c2)c(-c2ccccc2)cc2cc(-c4ccc(-c5cc6ccccc6c6ccccc56)c5ccccc45)ccc23)cc1. The van der Waals surface area contributed by atoms with Gasteiger partial charge in [-0.1, -0.05) is 194 Å². The zero-order chi connectivity index (χ0) is 39.6. The lowest BCUT2D eigenvalue weighted by atomic mass is 9.86. The van der Waals surface area contributed by atoms with Crippen LogP contribution in [0, 0.1) is 0 Å².